The van der Waals surface area contributed by atoms with Crippen LogP contribution in [-0.2, 0) is 0 Å². The van der Waals surface area contributed by atoms with Gasteiger partial charge in [0, 0.05) is 42.3 Å². The van der Waals surface area contributed by atoms with Gasteiger partial charge >= 0.3 is 0 Å². The molecule has 2 fully saturated rings. The number of piperazine rings is 1. The van der Waals surface area contributed by atoms with Crippen LogP contribution in [0.3, 0.4) is 0 Å². The Hall–Kier alpha value is -0.160. The number of hydrogen-bond donors (Lipinski definition) is 1. The summed E-state index contributed by atoms with van der Waals surface area (Å²) in [5.74, 6) is 0.531. The predicted molar refractivity (Wildman–Crippen MR) is 95.1 cm³/mol. The topological polar surface area (TPSA) is 15.3 Å². The Kier molecular flexibility index (Phi) is 7.13. The molecule has 0 aromatic heterocycles. The number of halogens is 3. The molecule has 124 valence electrons. The minimum Gasteiger partial charge on any atom is -0.314 e. The van der Waals surface area contributed by atoms with Crippen LogP contribution in [0, 0.1) is 11.7 Å². The van der Waals surface area contributed by atoms with Crippen LogP contribution in [0.5, 0.6) is 0 Å². The first kappa shape index (κ1) is 18.2. The summed E-state index contributed by atoms with van der Waals surface area (Å²) in [7, 11) is 0. The van der Waals surface area contributed by atoms with Crippen LogP contribution >= 0.6 is 28.3 Å². The molecule has 1 atom stereocenters. The number of benzene rings is 1. The van der Waals surface area contributed by atoms with Crippen LogP contribution in [0.25, 0.3) is 0 Å². The predicted octanol–water partition coefficient (Wildman–Crippen LogP) is 4.54. The Bertz CT molecular complexity index is 435. The van der Waals surface area contributed by atoms with Crippen molar-refractivity contribution in [2.45, 2.75) is 38.1 Å². The van der Waals surface area contributed by atoms with Gasteiger partial charge in [-0.05, 0) is 30.9 Å². The molecular formula is C17H25BrClFN2. The molecule has 0 amide bonds. The zero-order chi connectivity index (χ0) is 14.7. The molecule has 3 rings (SSSR count). The van der Waals surface area contributed by atoms with Crippen molar-refractivity contribution >= 4 is 28.3 Å². The minimum absolute atomic E-state index is 0. The summed E-state index contributed by atoms with van der Waals surface area (Å²) in [6.07, 6.45) is 6.38. The fourth-order valence-electron chi connectivity index (χ4n) is 3.92. The number of hydrogen-bond acceptors (Lipinski definition) is 2. The van der Waals surface area contributed by atoms with Crippen LogP contribution in [-0.4, -0.2) is 31.1 Å². The fourth-order valence-corrected chi connectivity index (χ4v) is 4.50. The average molecular weight is 392 g/mol. The summed E-state index contributed by atoms with van der Waals surface area (Å²) >= 11 is 3.60. The van der Waals surface area contributed by atoms with Gasteiger partial charge < -0.3 is 5.32 Å². The molecule has 0 unspecified atom stereocenters. The second-order valence-electron chi connectivity index (χ2n) is 6.26. The summed E-state index contributed by atoms with van der Waals surface area (Å²) in [5, 5.41) is 3.41. The summed E-state index contributed by atoms with van der Waals surface area (Å²) < 4.78 is 15.5. The largest absolute Gasteiger partial charge is 0.314 e. The molecule has 2 nitrogen and oxygen atoms in total. The second kappa shape index (κ2) is 8.62. The third kappa shape index (κ3) is 4.02. The Balaban J connectivity index is 0.00000176. The zero-order valence-corrected chi connectivity index (χ0v) is 15.3. The smallest absolute Gasteiger partial charge is 0.129 e. The number of nitrogens with one attached hydrogen (secondary N) is 1. The van der Waals surface area contributed by atoms with Gasteiger partial charge in [0.25, 0.3) is 0 Å². The average Bonchev–Trinajstić information content (AvgIpc) is 2.53. The van der Waals surface area contributed by atoms with Crippen molar-refractivity contribution in [2.24, 2.45) is 5.92 Å². The lowest BCUT2D eigenvalue weighted by molar-refractivity contribution is 0.100. The van der Waals surface area contributed by atoms with E-state index in [1.807, 2.05) is 6.07 Å². The van der Waals surface area contributed by atoms with Gasteiger partial charge in [-0.1, -0.05) is 41.3 Å². The van der Waals surface area contributed by atoms with Gasteiger partial charge in [-0.2, -0.15) is 0 Å². The van der Waals surface area contributed by atoms with Crippen LogP contribution in [0.1, 0.15) is 43.7 Å². The normalized spacial score (nSPS) is 22.1. The molecule has 22 heavy (non-hydrogen) atoms. The van der Waals surface area contributed by atoms with Gasteiger partial charge in [0.15, 0.2) is 0 Å². The highest BCUT2D eigenvalue weighted by atomic mass is 79.9. The molecule has 5 heteroatoms. The molecular weight excluding hydrogens is 367 g/mol. The third-order valence-electron chi connectivity index (χ3n) is 4.94. The third-order valence-corrected chi connectivity index (χ3v) is 5.63. The van der Waals surface area contributed by atoms with E-state index in [2.05, 4.69) is 26.1 Å². The van der Waals surface area contributed by atoms with Gasteiger partial charge in [-0.15, -0.1) is 12.4 Å². The summed E-state index contributed by atoms with van der Waals surface area (Å²) in [6.45, 7) is 4.05. The van der Waals surface area contributed by atoms with E-state index in [-0.39, 0.29) is 24.3 Å². The van der Waals surface area contributed by atoms with E-state index in [0.717, 1.165) is 36.2 Å². The highest BCUT2D eigenvalue weighted by molar-refractivity contribution is 9.10. The van der Waals surface area contributed by atoms with E-state index < -0.39 is 0 Å². The molecule has 1 aliphatic heterocycles. The van der Waals surface area contributed by atoms with Gasteiger partial charge in [-0.25, -0.2) is 4.39 Å². The van der Waals surface area contributed by atoms with Crippen molar-refractivity contribution in [3.05, 3.63) is 34.1 Å². The van der Waals surface area contributed by atoms with E-state index >= 15 is 0 Å². The quantitative estimate of drug-likeness (QED) is 0.814. The first-order valence-corrected chi connectivity index (χ1v) is 8.95. The van der Waals surface area contributed by atoms with Crippen LogP contribution in [0.4, 0.5) is 4.39 Å². The maximum atomic E-state index is 14.5. The highest BCUT2D eigenvalue weighted by Gasteiger charge is 2.33. The summed E-state index contributed by atoms with van der Waals surface area (Å²) in [6, 6.07) is 5.61. The molecule has 1 heterocycles. The van der Waals surface area contributed by atoms with E-state index in [9.17, 15) is 4.39 Å². The molecule has 1 saturated carbocycles. The van der Waals surface area contributed by atoms with Crippen LogP contribution in [0.15, 0.2) is 22.7 Å². The fraction of sp³-hybridized carbons (Fsp3) is 0.647. The van der Waals surface area contributed by atoms with Crippen molar-refractivity contribution < 1.29 is 4.39 Å². The first-order valence-electron chi connectivity index (χ1n) is 8.16. The lowest BCUT2D eigenvalue weighted by Gasteiger charge is -2.41. The molecule has 1 aliphatic carbocycles. The second-order valence-corrected chi connectivity index (χ2v) is 7.12. The van der Waals surface area contributed by atoms with Crippen molar-refractivity contribution in [1.29, 1.82) is 0 Å². The van der Waals surface area contributed by atoms with E-state index in [1.54, 1.807) is 12.1 Å². The Morgan fingerprint density at radius 1 is 1.14 bits per heavy atom. The molecule has 0 spiro atoms. The molecule has 0 bridgehead atoms. The molecule has 1 saturated heterocycles. The molecule has 1 aromatic carbocycles. The Morgan fingerprint density at radius 3 is 2.45 bits per heavy atom. The zero-order valence-electron chi connectivity index (χ0n) is 12.9. The summed E-state index contributed by atoms with van der Waals surface area (Å²) in [4.78, 5) is 2.50. The molecule has 1 aromatic rings. The van der Waals surface area contributed by atoms with Crippen molar-refractivity contribution in [3.8, 4) is 0 Å². The lowest BCUT2D eigenvalue weighted by atomic mass is 9.80. The van der Waals surface area contributed by atoms with E-state index in [0.29, 0.717) is 5.92 Å². The van der Waals surface area contributed by atoms with Gasteiger partial charge in [0.1, 0.15) is 5.82 Å². The molecule has 0 radical (unpaired) electrons. The monoisotopic (exact) mass is 390 g/mol. The lowest BCUT2D eigenvalue weighted by Crippen LogP contribution is -2.47. The molecule has 2 aliphatic rings. The standard InChI is InChI=1S/C17H24BrFN2.ClH/c18-14-7-4-8-15(19)16(14)17(13-5-2-1-3-6-13)21-11-9-20-10-12-21;/h4,7-8,13,17,20H,1-3,5-6,9-12H2;1H/t17-;/m0./s1. The minimum atomic E-state index is -0.0570. The first-order chi connectivity index (χ1) is 10.3. The number of rotatable bonds is 3. The van der Waals surface area contributed by atoms with E-state index in [4.69, 9.17) is 0 Å². The maximum Gasteiger partial charge on any atom is 0.129 e. The van der Waals surface area contributed by atoms with Crippen molar-refractivity contribution in [2.75, 3.05) is 26.2 Å². The van der Waals surface area contributed by atoms with Gasteiger partial charge in [-0.3, -0.25) is 4.90 Å². The SMILES string of the molecule is Cl.Fc1cccc(Br)c1[C@H](C1CCCCC1)N1CCNCC1. The Labute approximate surface area is 147 Å². The van der Waals surface area contributed by atoms with E-state index in [1.165, 1.54) is 32.1 Å². The highest BCUT2D eigenvalue weighted by Crippen LogP contribution is 2.41. The van der Waals surface area contributed by atoms with Crippen LogP contribution in [0.2, 0.25) is 0 Å². The Morgan fingerprint density at radius 2 is 1.82 bits per heavy atom. The van der Waals surface area contributed by atoms with Gasteiger partial charge in [0.2, 0.25) is 0 Å². The summed E-state index contributed by atoms with van der Waals surface area (Å²) in [5.41, 5.74) is 0.881. The van der Waals surface area contributed by atoms with Crippen molar-refractivity contribution in [1.82, 2.24) is 10.2 Å². The van der Waals surface area contributed by atoms with Crippen LogP contribution < -0.4 is 5.32 Å². The molecule has 1 N–H and O–H groups in total. The number of nitrogens with zero attached hydrogens (tertiary/aromatic N) is 1. The van der Waals surface area contributed by atoms with Crippen molar-refractivity contribution in [3.63, 3.8) is 0 Å². The van der Waals surface area contributed by atoms with Gasteiger partial charge in [0.05, 0.1) is 0 Å². The maximum absolute atomic E-state index is 14.5.